The van der Waals surface area contributed by atoms with E-state index < -0.39 is 0 Å². The van der Waals surface area contributed by atoms with Gasteiger partial charge in [-0.1, -0.05) is 6.07 Å². The third-order valence-corrected chi connectivity index (χ3v) is 3.17. The topological polar surface area (TPSA) is 72.7 Å². The van der Waals surface area contributed by atoms with Crippen LogP contribution >= 0.6 is 0 Å². The van der Waals surface area contributed by atoms with Crippen LogP contribution in [0.5, 0.6) is 0 Å². The van der Waals surface area contributed by atoms with E-state index in [-0.39, 0.29) is 5.91 Å². The molecule has 6 heteroatoms. The van der Waals surface area contributed by atoms with Crippen LogP contribution in [0.1, 0.15) is 10.4 Å². The average molecular weight is 293 g/mol. The summed E-state index contributed by atoms with van der Waals surface area (Å²) in [7, 11) is 0. The van der Waals surface area contributed by atoms with Crippen molar-refractivity contribution in [3.8, 4) is 11.5 Å². The summed E-state index contributed by atoms with van der Waals surface area (Å²) < 4.78 is 1.96. The van der Waals surface area contributed by atoms with Gasteiger partial charge in [0, 0.05) is 44.1 Å². The van der Waals surface area contributed by atoms with Crippen LogP contribution in [0.3, 0.4) is 0 Å². The smallest absolute Gasteiger partial charge is 0.252 e. The Morgan fingerprint density at radius 1 is 1.09 bits per heavy atom. The van der Waals surface area contributed by atoms with Crippen LogP contribution in [-0.4, -0.2) is 32.0 Å². The molecule has 0 saturated heterocycles. The monoisotopic (exact) mass is 293 g/mol. The summed E-state index contributed by atoms with van der Waals surface area (Å²) >= 11 is 0. The molecule has 0 radical (unpaired) electrons. The average Bonchev–Trinajstić information content (AvgIpc) is 3.05. The largest absolute Gasteiger partial charge is 0.350 e. The van der Waals surface area contributed by atoms with E-state index in [4.69, 9.17) is 0 Å². The number of hydrogen-bond acceptors (Lipinski definition) is 4. The second kappa shape index (κ2) is 6.62. The van der Waals surface area contributed by atoms with Crippen LogP contribution in [0.15, 0.2) is 61.3 Å². The van der Waals surface area contributed by atoms with Gasteiger partial charge in [0.15, 0.2) is 5.82 Å². The summed E-state index contributed by atoms with van der Waals surface area (Å²) in [5.41, 5.74) is 1.36. The van der Waals surface area contributed by atoms with Crippen molar-refractivity contribution >= 4 is 5.91 Å². The first-order chi connectivity index (χ1) is 10.8. The molecule has 0 fully saturated rings. The van der Waals surface area contributed by atoms with Crippen LogP contribution in [0.4, 0.5) is 0 Å². The highest BCUT2D eigenvalue weighted by Gasteiger charge is 2.08. The van der Waals surface area contributed by atoms with Crippen molar-refractivity contribution in [3.05, 3.63) is 66.9 Å². The fourth-order valence-electron chi connectivity index (χ4n) is 2.11. The standard InChI is InChI=1S/C16H15N5O/c22-16(13-4-3-6-17-12-13)20-9-11-21-10-8-19-15(21)14-5-1-2-7-18-14/h1-8,10,12H,9,11H2,(H,20,22). The molecule has 0 aliphatic carbocycles. The first-order valence-corrected chi connectivity index (χ1v) is 6.95. The van der Waals surface area contributed by atoms with Gasteiger partial charge in [-0.25, -0.2) is 4.98 Å². The van der Waals surface area contributed by atoms with Crippen molar-refractivity contribution in [2.24, 2.45) is 0 Å². The number of aromatic nitrogens is 4. The van der Waals surface area contributed by atoms with Crippen molar-refractivity contribution < 1.29 is 4.79 Å². The van der Waals surface area contributed by atoms with Gasteiger partial charge in [0.25, 0.3) is 5.91 Å². The van der Waals surface area contributed by atoms with Gasteiger partial charge in [-0.2, -0.15) is 0 Å². The Morgan fingerprint density at radius 3 is 2.82 bits per heavy atom. The number of carbonyl (C=O) groups excluding carboxylic acids is 1. The second-order valence-electron chi connectivity index (χ2n) is 4.66. The first kappa shape index (κ1) is 13.9. The summed E-state index contributed by atoms with van der Waals surface area (Å²) in [6.45, 7) is 1.13. The third kappa shape index (κ3) is 3.17. The summed E-state index contributed by atoms with van der Waals surface area (Å²) in [5.74, 6) is 0.656. The Hall–Kier alpha value is -3.02. The Kier molecular flexibility index (Phi) is 4.20. The van der Waals surface area contributed by atoms with Gasteiger partial charge in [-0.15, -0.1) is 0 Å². The minimum Gasteiger partial charge on any atom is -0.350 e. The van der Waals surface area contributed by atoms with E-state index in [0.29, 0.717) is 18.7 Å². The number of hydrogen-bond donors (Lipinski definition) is 1. The van der Waals surface area contributed by atoms with Crippen LogP contribution < -0.4 is 5.32 Å². The highest BCUT2D eigenvalue weighted by molar-refractivity contribution is 5.93. The zero-order valence-corrected chi connectivity index (χ0v) is 11.9. The Labute approximate surface area is 127 Å². The minimum absolute atomic E-state index is 0.132. The molecule has 0 aromatic carbocycles. The van der Waals surface area contributed by atoms with E-state index >= 15 is 0 Å². The van der Waals surface area contributed by atoms with Gasteiger partial charge < -0.3 is 9.88 Å². The number of carbonyl (C=O) groups is 1. The summed E-state index contributed by atoms with van der Waals surface area (Å²) in [6.07, 6.45) is 8.53. The fourth-order valence-corrected chi connectivity index (χ4v) is 2.11. The van der Waals surface area contributed by atoms with E-state index in [2.05, 4.69) is 20.3 Å². The molecular formula is C16H15N5O. The van der Waals surface area contributed by atoms with Crippen molar-refractivity contribution in [3.63, 3.8) is 0 Å². The molecule has 0 saturated carbocycles. The third-order valence-electron chi connectivity index (χ3n) is 3.17. The molecule has 0 bridgehead atoms. The van der Waals surface area contributed by atoms with E-state index in [1.54, 1.807) is 36.9 Å². The maximum atomic E-state index is 11.9. The predicted molar refractivity (Wildman–Crippen MR) is 82.0 cm³/mol. The lowest BCUT2D eigenvalue weighted by Gasteiger charge is -2.08. The number of imidazole rings is 1. The molecule has 0 aliphatic heterocycles. The quantitative estimate of drug-likeness (QED) is 0.778. The predicted octanol–water partition coefficient (Wildman–Crippen LogP) is 1.77. The highest BCUT2D eigenvalue weighted by Crippen LogP contribution is 2.13. The minimum atomic E-state index is -0.132. The number of amides is 1. The second-order valence-corrected chi connectivity index (χ2v) is 4.66. The first-order valence-electron chi connectivity index (χ1n) is 6.95. The van der Waals surface area contributed by atoms with Crippen LogP contribution in [0.25, 0.3) is 11.5 Å². The Balaban J connectivity index is 1.61. The molecule has 110 valence electrons. The van der Waals surface area contributed by atoms with Crippen molar-refractivity contribution in [2.45, 2.75) is 6.54 Å². The Morgan fingerprint density at radius 2 is 2.05 bits per heavy atom. The zero-order valence-electron chi connectivity index (χ0n) is 11.9. The molecule has 0 unspecified atom stereocenters. The number of nitrogens with one attached hydrogen (secondary N) is 1. The molecule has 3 aromatic heterocycles. The molecule has 0 aliphatic rings. The van der Waals surface area contributed by atoms with Gasteiger partial charge in [-0.3, -0.25) is 14.8 Å². The molecular weight excluding hydrogens is 278 g/mol. The summed E-state index contributed by atoms with van der Waals surface area (Å²) in [5, 5.41) is 2.87. The van der Waals surface area contributed by atoms with Crippen LogP contribution in [0, 0.1) is 0 Å². The number of rotatable bonds is 5. The molecule has 0 spiro atoms. The van der Waals surface area contributed by atoms with Crippen molar-refractivity contribution in [2.75, 3.05) is 6.54 Å². The molecule has 0 atom stereocenters. The lowest BCUT2D eigenvalue weighted by atomic mass is 10.3. The van der Waals surface area contributed by atoms with Crippen molar-refractivity contribution in [1.82, 2.24) is 24.8 Å². The summed E-state index contributed by atoms with van der Waals surface area (Å²) in [4.78, 5) is 24.5. The highest BCUT2D eigenvalue weighted by atomic mass is 16.1. The van der Waals surface area contributed by atoms with Crippen LogP contribution in [0.2, 0.25) is 0 Å². The normalized spacial score (nSPS) is 10.4. The number of nitrogens with zero attached hydrogens (tertiary/aromatic N) is 4. The molecule has 3 rings (SSSR count). The molecule has 1 N–H and O–H groups in total. The van der Waals surface area contributed by atoms with Crippen LogP contribution in [-0.2, 0) is 6.54 Å². The lowest BCUT2D eigenvalue weighted by molar-refractivity contribution is 0.0952. The maximum absolute atomic E-state index is 11.9. The lowest BCUT2D eigenvalue weighted by Crippen LogP contribution is -2.27. The van der Waals surface area contributed by atoms with Gasteiger partial charge in [-0.05, 0) is 24.3 Å². The van der Waals surface area contributed by atoms with Gasteiger partial charge in [0.2, 0.25) is 0 Å². The van der Waals surface area contributed by atoms with E-state index in [0.717, 1.165) is 11.5 Å². The molecule has 6 nitrogen and oxygen atoms in total. The van der Waals surface area contributed by atoms with Crippen molar-refractivity contribution in [1.29, 1.82) is 0 Å². The summed E-state index contributed by atoms with van der Waals surface area (Å²) in [6, 6.07) is 9.17. The zero-order chi connectivity index (χ0) is 15.2. The van der Waals surface area contributed by atoms with Gasteiger partial charge >= 0.3 is 0 Å². The number of pyridine rings is 2. The molecule has 3 aromatic rings. The molecule has 3 heterocycles. The van der Waals surface area contributed by atoms with E-state index in [9.17, 15) is 4.79 Å². The van der Waals surface area contributed by atoms with Gasteiger partial charge in [0.05, 0.1) is 5.56 Å². The SMILES string of the molecule is O=C(NCCn1ccnc1-c1ccccn1)c1cccnc1. The van der Waals surface area contributed by atoms with Gasteiger partial charge in [0.1, 0.15) is 5.69 Å². The van der Waals surface area contributed by atoms with E-state index in [1.807, 2.05) is 29.0 Å². The molecule has 1 amide bonds. The van der Waals surface area contributed by atoms with E-state index in [1.165, 1.54) is 0 Å². The molecule has 22 heavy (non-hydrogen) atoms. The maximum Gasteiger partial charge on any atom is 0.252 e. The fraction of sp³-hybridized carbons (Fsp3) is 0.125. The Bertz CT molecular complexity index is 739.